The molecule has 0 amide bonds. The van der Waals surface area contributed by atoms with Crippen LogP contribution in [0, 0.1) is 0 Å². The van der Waals surface area contributed by atoms with E-state index in [4.69, 9.17) is 15.2 Å². The highest BCUT2D eigenvalue weighted by molar-refractivity contribution is 5.49. The van der Waals surface area contributed by atoms with Gasteiger partial charge < -0.3 is 20.1 Å². The van der Waals surface area contributed by atoms with Crippen molar-refractivity contribution in [3.63, 3.8) is 0 Å². The van der Waals surface area contributed by atoms with Gasteiger partial charge in [0.25, 0.3) is 0 Å². The van der Waals surface area contributed by atoms with E-state index < -0.39 is 0 Å². The standard InChI is InChI=1S/C16H26N4O2/c1-3-12-11-18-15(17)19-14(12)20-8-6-16(7-9-20)13(21-2)5-4-10-22-16/h11,13H,3-10H2,1-2H3,(H2,17,18,19)/t13-/m0/s1. The maximum absolute atomic E-state index is 6.17. The van der Waals surface area contributed by atoms with Gasteiger partial charge in [0, 0.05) is 38.6 Å². The molecule has 1 aromatic rings. The molecule has 0 aromatic carbocycles. The first-order valence-corrected chi connectivity index (χ1v) is 8.21. The summed E-state index contributed by atoms with van der Waals surface area (Å²) in [5.74, 6) is 1.32. The number of rotatable bonds is 3. The zero-order valence-electron chi connectivity index (χ0n) is 13.5. The van der Waals surface area contributed by atoms with Gasteiger partial charge in [-0.2, -0.15) is 4.98 Å². The molecular formula is C16H26N4O2. The molecule has 6 heteroatoms. The van der Waals surface area contributed by atoms with Gasteiger partial charge >= 0.3 is 0 Å². The Morgan fingerprint density at radius 3 is 2.91 bits per heavy atom. The highest BCUT2D eigenvalue weighted by Crippen LogP contribution is 2.38. The van der Waals surface area contributed by atoms with Gasteiger partial charge in [0.15, 0.2) is 0 Å². The summed E-state index contributed by atoms with van der Waals surface area (Å²) in [6.07, 6.45) is 7.09. The Balaban J connectivity index is 1.75. The number of nitrogens with two attached hydrogens (primary N) is 1. The first kappa shape index (κ1) is 15.5. The molecule has 2 N–H and O–H groups in total. The van der Waals surface area contributed by atoms with E-state index in [-0.39, 0.29) is 11.7 Å². The Morgan fingerprint density at radius 2 is 2.23 bits per heavy atom. The lowest BCUT2D eigenvalue weighted by molar-refractivity contribution is -0.175. The van der Waals surface area contributed by atoms with Gasteiger partial charge in [0.05, 0.1) is 11.7 Å². The molecule has 0 saturated carbocycles. The largest absolute Gasteiger partial charge is 0.378 e. The SMILES string of the molecule is CCc1cnc(N)nc1N1CCC2(CC1)OCCC[C@@H]2OC. The third-order valence-corrected chi connectivity index (χ3v) is 5.02. The van der Waals surface area contributed by atoms with Gasteiger partial charge in [-0.15, -0.1) is 0 Å². The predicted molar refractivity (Wildman–Crippen MR) is 86.0 cm³/mol. The second-order valence-electron chi connectivity index (χ2n) is 6.20. The Bertz CT molecular complexity index is 515. The van der Waals surface area contributed by atoms with Crippen LogP contribution >= 0.6 is 0 Å². The highest BCUT2D eigenvalue weighted by Gasteiger charge is 2.45. The van der Waals surface area contributed by atoms with Crippen LogP contribution in [0.15, 0.2) is 6.20 Å². The van der Waals surface area contributed by atoms with E-state index in [1.807, 2.05) is 6.20 Å². The van der Waals surface area contributed by atoms with Crippen LogP contribution in [0.2, 0.25) is 0 Å². The van der Waals surface area contributed by atoms with Crippen LogP contribution in [-0.2, 0) is 15.9 Å². The van der Waals surface area contributed by atoms with Crippen molar-refractivity contribution in [3.8, 4) is 0 Å². The molecule has 1 aromatic heterocycles. The van der Waals surface area contributed by atoms with Crippen molar-refractivity contribution in [3.05, 3.63) is 11.8 Å². The molecule has 0 aliphatic carbocycles. The summed E-state index contributed by atoms with van der Waals surface area (Å²) in [5, 5.41) is 0. The molecule has 22 heavy (non-hydrogen) atoms. The summed E-state index contributed by atoms with van der Waals surface area (Å²) in [6, 6.07) is 0. The number of nitrogen functional groups attached to an aromatic ring is 1. The number of hydrogen-bond donors (Lipinski definition) is 1. The fraction of sp³-hybridized carbons (Fsp3) is 0.750. The van der Waals surface area contributed by atoms with Crippen LogP contribution in [0.25, 0.3) is 0 Å². The highest BCUT2D eigenvalue weighted by atomic mass is 16.5. The number of methoxy groups -OCH3 is 1. The Kier molecular flexibility index (Phi) is 4.49. The van der Waals surface area contributed by atoms with Crippen LogP contribution < -0.4 is 10.6 Å². The molecule has 0 unspecified atom stereocenters. The van der Waals surface area contributed by atoms with Gasteiger partial charge in [-0.1, -0.05) is 6.92 Å². The van der Waals surface area contributed by atoms with E-state index in [9.17, 15) is 0 Å². The molecule has 3 heterocycles. The normalized spacial score (nSPS) is 24.6. The second kappa shape index (κ2) is 6.38. The summed E-state index contributed by atoms with van der Waals surface area (Å²) < 4.78 is 11.9. The first-order chi connectivity index (χ1) is 10.7. The van der Waals surface area contributed by atoms with Crippen molar-refractivity contribution in [2.45, 2.75) is 50.7 Å². The maximum atomic E-state index is 6.17. The summed E-state index contributed by atoms with van der Waals surface area (Å²) in [5.41, 5.74) is 6.81. The summed E-state index contributed by atoms with van der Waals surface area (Å²) in [7, 11) is 1.80. The minimum atomic E-state index is -0.117. The molecule has 1 atom stereocenters. The maximum Gasteiger partial charge on any atom is 0.221 e. The van der Waals surface area contributed by atoms with Crippen molar-refractivity contribution in [1.29, 1.82) is 0 Å². The molecule has 0 bridgehead atoms. The van der Waals surface area contributed by atoms with Crippen molar-refractivity contribution >= 4 is 11.8 Å². The fourth-order valence-corrected chi connectivity index (χ4v) is 3.73. The zero-order valence-corrected chi connectivity index (χ0v) is 13.5. The Labute approximate surface area is 132 Å². The van der Waals surface area contributed by atoms with E-state index in [1.54, 1.807) is 7.11 Å². The smallest absolute Gasteiger partial charge is 0.221 e. The molecule has 6 nitrogen and oxygen atoms in total. The van der Waals surface area contributed by atoms with E-state index in [0.717, 1.165) is 63.2 Å². The average Bonchev–Trinajstić information content (AvgIpc) is 2.56. The number of ether oxygens (including phenoxy) is 2. The second-order valence-corrected chi connectivity index (χ2v) is 6.20. The van der Waals surface area contributed by atoms with Crippen LogP contribution in [-0.4, -0.2) is 48.5 Å². The van der Waals surface area contributed by atoms with Crippen LogP contribution in [0.1, 0.15) is 38.2 Å². The first-order valence-electron chi connectivity index (χ1n) is 8.21. The minimum absolute atomic E-state index is 0.117. The Hall–Kier alpha value is -1.40. The summed E-state index contributed by atoms with van der Waals surface area (Å²) in [6.45, 7) is 4.81. The quantitative estimate of drug-likeness (QED) is 0.917. The minimum Gasteiger partial charge on any atom is -0.378 e. The van der Waals surface area contributed by atoms with Gasteiger partial charge in [-0.3, -0.25) is 0 Å². The zero-order chi connectivity index (χ0) is 15.6. The third-order valence-electron chi connectivity index (χ3n) is 5.02. The topological polar surface area (TPSA) is 73.5 Å². The molecule has 2 fully saturated rings. The van der Waals surface area contributed by atoms with Crippen molar-refractivity contribution in [2.24, 2.45) is 0 Å². The van der Waals surface area contributed by atoms with Crippen LogP contribution in [0.5, 0.6) is 0 Å². The Morgan fingerprint density at radius 1 is 1.45 bits per heavy atom. The van der Waals surface area contributed by atoms with E-state index in [1.165, 1.54) is 0 Å². The molecule has 122 valence electrons. The van der Waals surface area contributed by atoms with Gasteiger partial charge in [0.2, 0.25) is 5.95 Å². The van der Waals surface area contributed by atoms with Gasteiger partial charge in [-0.25, -0.2) is 4.98 Å². The van der Waals surface area contributed by atoms with Crippen molar-refractivity contribution in [2.75, 3.05) is 37.4 Å². The third kappa shape index (κ3) is 2.77. The summed E-state index contributed by atoms with van der Waals surface area (Å²) >= 11 is 0. The van der Waals surface area contributed by atoms with E-state index in [0.29, 0.717) is 5.95 Å². The fourth-order valence-electron chi connectivity index (χ4n) is 3.73. The summed E-state index contributed by atoms with van der Waals surface area (Å²) in [4.78, 5) is 10.9. The monoisotopic (exact) mass is 306 g/mol. The lowest BCUT2D eigenvalue weighted by Gasteiger charge is -2.48. The molecule has 2 aliphatic heterocycles. The number of aryl methyl sites for hydroxylation is 1. The van der Waals surface area contributed by atoms with Gasteiger partial charge in [0.1, 0.15) is 5.82 Å². The van der Waals surface area contributed by atoms with Crippen LogP contribution in [0.4, 0.5) is 11.8 Å². The van der Waals surface area contributed by atoms with Crippen molar-refractivity contribution in [1.82, 2.24) is 9.97 Å². The number of anilines is 2. The number of aromatic nitrogens is 2. The van der Waals surface area contributed by atoms with Crippen LogP contribution in [0.3, 0.4) is 0 Å². The average molecular weight is 306 g/mol. The van der Waals surface area contributed by atoms with E-state index in [2.05, 4.69) is 21.8 Å². The van der Waals surface area contributed by atoms with E-state index >= 15 is 0 Å². The molecular weight excluding hydrogens is 280 g/mol. The molecule has 1 spiro atoms. The molecule has 0 radical (unpaired) electrons. The lowest BCUT2D eigenvalue weighted by Crippen LogP contribution is -2.56. The van der Waals surface area contributed by atoms with Gasteiger partial charge in [-0.05, 0) is 32.1 Å². The lowest BCUT2D eigenvalue weighted by atomic mass is 9.82. The predicted octanol–water partition coefficient (Wildman–Crippen LogP) is 1.79. The number of hydrogen-bond acceptors (Lipinski definition) is 6. The number of piperidine rings is 1. The molecule has 2 saturated heterocycles. The molecule has 2 aliphatic rings. The van der Waals surface area contributed by atoms with Crippen molar-refractivity contribution < 1.29 is 9.47 Å². The molecule has 3 rings (SSSR count). The number of nitrogens with zero attached hydrogens (tertiary/aromatic N) is 3.